The summed E-state index contributed by atoms with van der Waals surface area (Å²) in [6.07, 6.45) is 0. The van der Waals surface area contributed by atoms with E-state index >= 15 is 0 Å². The standard InChI is InChI=1S/C11H10Cl2O5/c1-2-18-10(16)11(17,9(14)15)6-3-4-7(12)8(13)5-6/h3-5,17H,2H2,1H3,(H,14,15). The van der Waals surface area contributed by atoms with Gasteiger partial charge in [-0.3, -0.25) is 0 Å². The summed E-state index contributed by atoms with van der Waals surface area (Å²) in [6, 6.07) is 3.58. The van der Waals surface area contributed by atoms with E-state index < -0.39 is 17.5 Å². The topological polar surface area (TPSA) is 83.8 Å². The first-order chi connectivity index (χ1) is 8.33. The molecule has 0 saturated carbocycles. The predicted molar refractivity (Wildman–Crippen MR) is 64.6 cm³/mol. The molecule has 7 heteroatoms. The van der Waals surface area contributed by atoms with Crippen molar-refractivity contribution in [3.63, 3.8) is 0 Å². The SMILES string of the molecule is CCOC(=O)C(O)(C(=O)O)c1ccc(Cl)c(Cl)c1. The summed E-state index contributed by atoms with van der Waals surface area (Å²) in [5.41, 5.74) is -3.02. The number of hydrogen-bond acceptors (Lipinski definition) is 4. The minimum absolute atomic E-state index is 0.0261. The second-order valence-electron chi connectivity index (χ2n) is 3.36. The zero-order chi connectivity index (χ0) is 13.9. The smallest absolute Gasteiger partial charge is 0.354 e. The van der Waals surface area contributed by atoms with Crippen LogP contribution in [0.4, 0.5) is 0 Å². The molecular formula is C11H10Cl2O5. The van der Waals surface area contributed by atoms with Crippen LogP contribution in [0.2, 0.25) is 10.0 Å². The molecule has 0 fully saturated rings. The van der Waals surface area contributed by atoms with E-state index in [-0.39, 0.29) is 22.2 Å². The molecule has 0 amide bonds. The van der Waals surface area contributed by atoms with Crippen LogP contribution >= 0.6 is 23.2 Å². The molecule has 0 aromatic heterocycles. The van der Waals surface area contributed by atoms with Gasteiger partial charge in [0.15, 0.2) is 0 Å². The lowest BCUT2D eigenvalue weighted by atomic mass is 9.94. The largest absolute Gasteiger partial charge is 0.478 e. The molecule has 0 heterocycles. The van der Waals surface area contributed by atoms with Gasteiger partial charge < -0.3 is 14.9 Å². The van der Waals surface area contributed by atoms with Gasteiger partial charge in [-0.15, -0.1) is 0 Å². The Hall–Kier alpha value is -1.30. The number of ether oxygens (including phenoxy) is 1. The molecule has 2 N–H and O–H groups in total. The highest BCUT2D eigenvalue weighted by Gasteiger charge is 2.48. The molecule has 1 atom stereocenters. The van der Waals surface area contributed by atoms with Crippen LogP contribution in [0.25, 0.3) is 0 Å². The van der Waals surface area contributed by atoms with Gasteiger partial charge in [-0.1, -0.05) is 29.3 Å². The monoisotopic (exact) mass is 292 g/mol. The summed E-state index contributed by atoms with van der Waals surface area (Å²) in [6.45, 7) is 1.44. The predicted octanol–water partition coefficient (Wildman–Crippen LogP) is 1.83. The van der Waals surface area contributed by atoms with Crippen LogP contribution < -0.4 is 0 Å². The molecule has 98 valence electrons. The van der Waals surface area contributed by atoms with E-state index in [0.29, 0.717) is 0 Å². The number of aliphatic hydroxyl groups is 1. The summed E-state index contributed by atoms with van der Waals surface area (Å²) in [4.78, 5) is 22.7. The molecule has 0 radical (unpaired) electrons. The van der Waals surface area contributed by atoms with E-state index in [0.717, 1.165) is 6.07 Å². The number of carboxylic acid groups (broad SMARTS) is 1. The number of rotatable bonds is 4. The van der Waals surface area contributed by atoms with Crippen molar-refractivity contribution in [2.45, 2.75) is 12.5 Å². The molecular weight excluding hydrogens is 283 g/mol. The van der Waals surface area contributed by atoms with Crippen LogP contribution in [0, 0.1) is 0 Å². The van der Waals surface area contributed by atoms with Crippen molar-refractivity contribution in [1.82, 2.24) is 0 Å². The van der Waals surface area contributed by atoms with Crippen molar-refractivity contribution in [2.75, 3.05) is 6.61 Å². The molecule has 18 heavy (non-hydrogen) atoms. The second-order valence-corrected chi connectivity index (χ2v) is 4.18. The fourth-order valence-corrected chi connectivity index (χ4v) is 1.58. The van der Waals surface area contributed by atoms with Crippen LogP contribution in [0.5, 0.6) is 0 Å². The van der Waals surface area contributed by atoms with Gasteiger partial charge >= 0.3 is 11.9 Å². The highest BCUT2D eigenvalue weighted by Crippen LogP contribution is 2.30. The van der Waals surface area contributed by atoms with Crippen LogP contribution in [0.3, 0.4) is 0 Å². The second kappa shape index (κ2) is 5.56. The van der Waals surface area contributed by atoms with Crippen LogP contribution in [-0.2, 0) is 19.9 Å². The molecule has 1 aromatic carbocycles. The minimum Gasteiger partial charge on any atom is -0.478 e. The van der Waals surface area contributed by atoms with Gasteiger partial charge in [0.1, 0.15) is 0 Å². The first kappa shape index (κ1) is 14.8. The number of carboxylic acids is 1. The van der Waals surface area contributed by atoms with Gasteiger partial charge in [-0.2, -0.15) is 0 Å². The quantitative estimate of drug-likeness (QED) is 0.653. The van der Waals surface area contributed by atoms with E-state index in [1.54, 1.807) is 0 Å². The lowest BCUT2D eigenvalue weighted by molar-refractivity contribution is -0.181. The zero-order valence-corrected chi connectivity index (χ0v) is 10.8. The zero-order valence-electron chi connectivity index (χ0n) is 9.31. The summed E-state index contributed by atoms with van der Waals surface area (Å²) >= 11 is 11.4. The maximum atomic E-state index is 11.6. The molecule has 0 aliphatic carbocycles. The van der Waals surface area contributed by atoms with E-state index in [2.05, 4.69) is 4.74 Å². The average Bonchev–Trinajstić information content (AvgIpc) is 2.31. The molecule has 0 aliphatic rings. The van der Waals surface area contributed by atoms with E-state index in [4.69, 9.17) is 28.3 Å². The van der Waals surface area contributed by atoms with E-state index in [9.17, 15) is 14.7 Å². The number of benzene rings is 1. The molecule has 5 nitrogen and oxygen atoms in total. The number of carbonyl (C=O) groups excluding carboxylic acids is 1. The van der Waals surface area contributed by atoms with Crippen molar-refractivity contribution in [3.05, 3.63) is 33.8 Å². The first-order valence-electron chi connectivity index (χ1n) is 4.92. The van der Waals surface area contributed by atoms with Crippen molar-refractivity contribution >= 4 is 35.1 Å². The molecule has 1 rings (SSSR count). The summed E-state index contributed by atoms with van der Waals surface area (Å²) in [5, 5.41) is 19.2. The Balaban J connectivity index is 3.31. The van der Waals surface area contributed by atoms with Gasteiger partial charge in [0.05, 0.1) is 16.7 Å². The lowest BCUT2D eigenvalue weighted by Gasteiger charge is -2.21. The highest BCUT2D eigenvalue weighted by atomic mass is 35.5. The Kier molecular flexibility index (Phi) is 4.56. The van der Waals surface area contributed by atoms with Crippen LogP contribution in [0.15, 0.2) is 18.2 Å². The van der Waals surface area contributed by atoms with Gasteiger partial charge in [0.25, 0.3) is 5.60 Å². The fraction of sp³-hybridized carbons (Fsp3) is 0.273. The molecule has 0 bridgehead atoms. The van der Waals surface area contributed by atoms with Crippen molar-refractivity contribution in [1.29, 1.82) is 0 Å². The summed E-state index contributed by atoms with van der Waals surface area (Å²) in [5.74, 6) is -3.03. The minimum atomic E-state index is -2.80. The maximum Gasteiger partial charge on any atom is 0.354 e. The molecule has 0 aliphatic heterocycles. The summed E-state index contributed by atoms with van der Waals surface area (Å²) < 4.78 is 4.55. The average molecular weight is 293 g/mol. The molecule has 1 aromatic rings. The Morgan fingerprint density at radius 1 is 1.33 bits per heavy atom. The van der Waals surface area contributed by atoms with Crippen molar-refractivity contribution in [2.24, 2.45) is 0 Å². The highest BCUT2D eigenvalue weighted by molar-refractivity contribution is 6.42. The lowest BCUT2D eigenvalue weighted by Crippen LogP contribution is -2.44. The number of hydrogen-bond donors (Lipinski definition) is 2. The number of halogens is 2. The normalized spacial score (nSPS) is 13.8. The third kappa shape index (κ3) is 2.58. The molecule has 1 unspecified atom stereocenters. The summed E-state index contributed by atoms with van der Waals surface area (Å²) in [7, 11) is 0. The van der Waals surface area contributed by atoms with E-state index in [1.807, 2.05) is 0 Å². The first-order valence-corrected chi connectivity index (χ1v) is 5.68. The number of aliphatic carboxylic acids is 1. The van der Waals surface area contributed by atoms with Gasteiger partial charge in [-0.25, -0.2) is 9.59 Å². The van der Waals surface area contributed by atoms with Crippen molar-refractivity contribution in [3.8, 4) is 0 Å². The van der Waals surface area contributed by atoms with Gasteiger partial charge in [-0.05, 0) is 19.1 Å². The van der Waals surface area contributed by atoms with Gasteiger partial charge in [0, 0.05) is 5.56 Å². The molecule has 0 spiro atoms. The number of esters is 1. The van der Waals surface area contributed by atoms with E-state index in [1.165, 1.54) is 19.1 Å². The van der Waals surface area contributed by atoms with Crippen LogP contribution in [0.1, 0.15) is 12.5 Å². The molecule has 0 saturated heterocycles. The van der Waals surface area contributed by atoms with Gasteiger partial charge in [0.2, 0.25) is 0 Å². The Bertz CT molecular complexity index is 488. The van der Waals surface area contributed by atoms with Crippen molar-refractivity contribution < 1.29 is 24.5 Å². The van der Waals surface area contributed by atoms with Crippen LogP contribution in [-0.4, -0.2) is 28.8 Å². The maximum absolute atomic E-state index is 11.6. The number of carbonyl (C=O) groups is 2. The Morgan fingerprint density at radius 2 is 1.94 bits per heavy atom. The third-order valence-electron chi connectivity index (χ3n) is 2.22. The Labute approximate surface area is 113 Å². The fourth-order valence-electron chi connectivity index (χ4n) is 1.29. The Morgan fingerprint density at radius 3 is 2.39 bits per heavy atom. The third-order valence-corrected chi connectivity index (χ3v) is 2.96.